The van der Waals surface area contributed by atoms with Gasteiger partial charge in [-0.2, -0.15) is 0 Å². The molecule has 1 rings (SSSR count). The quantitative estimate of drug-likeness (QED) is 0.908. The van der Waals surface area contributed by atoms with E-state index in [2.05, 4.69) is 15.9 Å². The van der Waals surface area contributed by atoms with Gasteiger partial charge in [0.05, 0.1) is 0 Å². The number of benzene rings is 1. The minimum Gasteiger partial charge on any atom is -0.481 e. The van der Waals surface area contributed by atoms with Gasteiger partial charge in [0.2, 0.25) is 0 Å². The summed E-state index contributed by atoms with van der Waals surface area (Å²) >= 11 is 3.22. The smallest absolute Gasteiger partial charge is 0.303 e. The molecular formula is C10H10BrFO2. The second-order valence-electron chi connectivity index (χ2n) is 3.07. The maximum Gasteiger partial charge on any atom is 0.303 e. The fourth-order valence-corrected chi connectivity index (χ4v) is 1.67. The van der Waals surface area contributed by atoms with Gasteiger partial charge in [-0.1, -0.05) is 15.9 Å². The zero-order chi connectivity index (χ0) is 10.7. The Kier molecular flexibility index (Phi) is 3.63. The van der Waals surface area contributed by atoms with E-state index in [1.165, 1.54) is 12.1 Å². The van der Waals surface area contributed by atoms with Gasteiger partial charge in [-0.25, -0.2) is 4.39 Å². The third-order valence-electron chi connectivity index (χ3n) is 2.02. The zero-order valence-electron chi connectivity index (χ0n) is 7.68. The minimum atomic E-state index is -0.871. The van der Waals surface area contributed by atoms with E-state index in [1.54, 1.807) is 0 Å². The predicted molar refractivity (Wildman–Crippen MR) is 54.8 cm³/mol. The van der Waals surface area contributed by atoms with E-state index < -0.39 is 5.97 Å². The standard InChI is InChI=1S/C10H10BrFO2/c1-6-7(2-3-10(13)14)4-8(12)5-9(6)11/h4-5H,2-3H2,1H3,(H,13,14). The number of carboxylic acid groups (broad SMARTS) is 1. The van der Waals surface area contributed by atoms with Crippen LogP contribution in [-0.4, -0.2) is 11.1 Å². The molecule has 0 radical (unpaired) electrons. The summed E-state index contributed by atoms with van der Waals surface area (Å²) < 4.78 is 13.6. The lowest BCUT2D eigenvalue weighted by molar-refractivity contribution is -0.136. The summed E-state index contributed by atoms with van der Waals surface area (Å²) in [7, 11) is 0. The molecule has 0 spiro atoms. The molecule has 0 aromatic heterocycles. The molecule has 0 aliphatic rings. The molecule has 0 aliphatic carbocycles. The Bertz CT molecular complexity index is 363. The number of halogens is 2. The summed E-state index contributed by atoms with van der Waals surface area (Å²) in [5, 5.41) is 8.50. The number of rotatable bonds is 3. The molecule has 4 heteroatoms. The highest BCUT2D eigenvalue weighted by molar-refractivity contribution is 9.10. The van der Waals surface area contributed by atoms with Crippen molar-refractivity contribution < 1.29 is 14.3 Å². The summed E-state index contributed by atoms with van der Waals surface area (Å²) in [5.41, 5.74) is 1.63. The number of aryl methyl sites for hydroxylation is 1. The average molecular weight is 261 g/mol. The second kappa shape index (κ2) is 4.55. The number of hydrogen-bond donors (Lipinski definition) is 1. The van der Waals surface area contributed by atoms with Crippen LogP contribution in [0.1, 0.15) is 17.5 Å². The molecule has 76 valence electrons. The first-order valence-corrected chi connectivity index (χ1v) is 4.96. The topological polar surface area (TPSA) is 37.3 Å². The summed E-state index contributed by atoms with van der Waals surface area (Å²) in [5.74, 6) is -1.22. The summed E-state index contributed by atoms with van der Waals surface area (Å²) in [6.07, 6.45) is 0.383. The van der Waals surface area contributed by atoms with Gasteiger partial charge in [-0.05, 0) is 36.6 Å². The van der Waals surface area contributed by atoms with Crippen LogP contribution in [0.4, 0.5) is 4.39 Å². The van der Waals surface area contributed by atoms with Gasteiger partial charge in [0.25, 0.3) is 0 Å². The maximum atomic E-state index is 13.0. The molecule has 0 amide bonds. The zero-order valence-corrected chi connectivity index (χ0v) is 9.27. The highest BCUT2D eigenvalue weighted by Gasteiger charge is 2.07. The van der Waals surface area contributed by atoms with E-state index in [0.717, 1.165) is 11.1 Å². The van der Waals surface area contributed by atoms with Crippen molar-refractivity contribution in [2.75, 3.05) is 0 Å². The van der Waals surface area contributed by atoms with Crippen molar-refractivity contribution in [2.45, 2.75) is 19.8 Å². The van der Waals surface area contributed by atoms with Crippen LogP contribution in [0.3, 0.4) is 0 Å². The Hall–Kier alpha value is -0.900. The molecule has 0 bridgehead atoms. The lowest BCUT2D eigenvalue weighted by Gasteiger charge is -2.06. The number of hydrogen-bond acceptors (Lipinski definition) is 1. The van der Waals surface area contributed by atoms with Crippen LogP contribution >= 0.6 is 15.9 Å². The van der Waals surface area contributed by atoms with E-state index in [9.17, 15) is 9.18 Å². The molecule has 0 saturated heterocycles. The number of carbonyl (C=O) groups is 1. The van der Waals surface area contributed by atoms with Crippen molar-refractivity contribution in [1.82, 2.24) is 0 Å². The van der Waals surface area contributed by atoms with E-state index in [0.29, 0.717) is 10.9 Å². The highest BCUT2D eigenvalue weighted by Crippen LogP contribution is 2.22. The second-order valence-corrected chi connectivity index (χ2v) is 3.92. The number of aliphatic carboxylic acids is 1. The molecule has 0 saturated carbocycles. The Morgan fingerprint density at radius 2 is 2.21 bits per heavy atom. The third-order valence-corrected chi connectivity index (χ3v) is 2.85. The predicted octanol–water partition coefficient (Wildman–Crippen LogP) is 2.91. The van der Waals surface area contributed by atoms with Gasteiger partial charge in [0, 0.05) is 10.9 Å². The summed E-state index contributed by atoms with van der Waals surface area (Å²) in [6, 6.07) is 2.75. The van der Waals surface area contributed by atoms with Crippen molar-refractivity contribution in [2.24, 2.45) is 0 Å². The molecule has 0 fully saturated rings. The Labute approximate surface area is 89.9 Å². The van der Waals surface area contributed by atoms with Gasteiger partial charge >= 0.3 is 5.97 Å². The Morgan fingerprint density at radius 3 is 2.79 bits per heavy atom. The van der Waals surface area contributed by atoms with E-state index in [1.807, 2.05) is 6.92 Å². The SMILES string of the molecule is Cc1c(Br)cc(F)cc1CCC(=O)O. The van der Waals surface area contributed by atoms with Crippen LogP contribution in [-0.2, 0) is 11.2 Å². The fourth-order valence-electron chi connectivity index (χ4n) is 1.20. The normalized spacial score (nSPS) is 10.2. The van der Waals surface area contributed by atoms with Gasteiger partial charge in [0.1, 0.15) is 5.82 Å². The molecule has 0 unspecified atom stereocenters. The van der Waals surface area contributed by atoms with Gasteiger partial charge in [0.15, 0.2) is 0 Å². The lowest BCUT2D eigenvalue weighted by atomic mass is 10.0. The number of carboxylic acids is 1. The third kappa shape index (κ3) is 2.80. The first kappa shape index (κ1) is 11.2. The molecule has 0 atom stereocenters. The first-order valence-electron chi connectivity index (χ1n) is 4.17. The minimum absolute atomic E-state index is 0.0245. The van der Waals surface area contributed by atoms with E-state index in [4.69, 9.17) is 5.11 Å². The molecule has 1 N–H and O–H groups in total. The van der Waals surface area contributed by atoms with E-state index in [-0.39, 0.29) is 12.2 Å². The summed E-state index contributed by atoms with van der Waals surface area (Å²) in [4.78, 5) is 10.3. The van der Waals surface area contributed by atoms with Crippen molar-refractivity contribution in [3.05, 3.63) is 33.5 Å². The van der Waals surface area contributed by atoms with Crippen LogP contribution in [0, 0.1) is 12.7 Å². The van der Waals surface area contributed by atoms with Crippen LogP contribution in [0.25, 0.3) is 0 Å². The first-order chi connectivity index (χ1) is 6.50. The van der Waals surface area contributed by atoms with Crippen molar-refractivity contribution in [3.8, 4) is 0 Å². The van der Waals surface area contributed by atoms with Crippen LogP contribution in [0.5, 0.6) is 0 Å². The van der Waals surface area contributed by atoms with Crippen molar-refractivity contribution in [1.29, 1.82) is 0 Å². The lowest BCUT2D eigenvalue weighted by Crippen LogP contribution is -2.00. The molecular weight excluding hydrogens is 251 g/mol. The Balaban J connectivity index is 2.90. The molecule has 1 aromatic carbocycles. The van der Waals surface area contributed by atoms with Crippen LogP contribution in [0.2, 0.25) is 0 Å². The van der Waals surface area contributed by atoms with Gasteiger partial charge in [-0.3, -0.25) is 4.79 Å². The Morgan fingerprint density at radius 1 is 1.57 bits per heavy atom. The fraction of sp³-hybridized carbons (Fsp3) is 0.300. The molecule has 14 heavy (non-hydrogen) atoms. The maximum absolute atomic E-state index is 13.0. The van der Waals surface area contributed by atoms with Gasteiger partial charge in [-0.15, -0.1) is 0 Å². The summed E-state index contributed by atoms with van der Waals surface area (Å²) in [6.45, 7) is 1.83. The molecule has 0 heterocycles. The van der Waals surface area contributed by atoms with Crippen molar-refractivity contribution >= 4 is 21.9 Å². The van der Waals surface area contributed by atoms with Gasteiger partial charge < -0.3 is 5.11 Å². The highest BCUT2D eigenvalue weighted by atomic mass is 79.9. The van der Waals surface area contributed by atoms with Crippen LogP contribution < -0.4 is 0 Å². The molecule has 1 aromatic rings. The molecule has 0 aliphatic heterocycles. The van der Waals surface area contributed by atoms with E-state index >= 15 is 0 Å². The average Bonchev–Trinajstić information content (AvgIpc) is 2.08. The van der Waals surface area contributed by atoms with Crippen molar-refractivity contribution in [3.63, 3.8) is 0 Å². The molecule has 2 nitrogen and oxygen atoms in total. The van der Waals surface area contributed by atoms with Crippen LogP contribution in [0.15, 0.2) is 16.6 Å². The largest absolute Gasteiger partial charge is 0.481 e. The monoisotopic (exact) mass is 260 g/mol.